The Hall–Kier alpha value is -2.08. The van der Waals surface area contributed by atoms with Gasteiger partial charge in [0.05, 0.1) is 6.54 Å². The molecule has 0 bridgehead atoms. The van der Waals surface area contributed by atoms with E-state index in [-0.39, 0.29) is 5.91 Å². The summed E-state index contributed by atoms with van der Waals surface area (Å²) in [5.41, 5.74) is 0.487. The Morgan fingerprint density at radius 2 is 2.30 bits per heavy atom. The van der Waals surface area contributed by atoms with Gasteiger partial charge in [0, 0.05) is 31.0 Å². The van der Waals surface area contributed by atoms with Gasteiger partial charge in [0.15, 0.2) is 0 Å². The lowest BCUT2D eigenvalue weighted by atomic mass is 10.2. The Balaban J connectivity index is 1.94. The van der Waals surface area contributed by atoms with Gasteiger partial charge in [0.25, 0.3) is 5.91 Å². The molecule has 0 saturated heterocycles. The molecule has 2 rings (SSSR count). The van der Waals surface area contributed by atoms with Crippen LogP contribution in [0.4, 0.5) is 5.82 Å². The highest BCUT2D eigenvalue weighted by Crippen LogP contribution is 2.14. The van der Waals surface area contributed by atoms with Gasteiger partial charge < -0.3 is 10.6 Å². The van der Waals surface area contributed by atoms with E-state index in [1.807, 2.05) is 19.2 Å². The molecular formula is C13H16ClN5O. The number of rotatable bonds is 6. The van der Waals surface area contributed by atoms with Gasteiger partial charge in [-0.05, 0) is 25.1 Å². The Morgan fingerprint density at radius 3 is 3.00 bits per heavy atom. The van der Waals surface area contributed by atoms with E-state index in [9.17, 15) is 4.79 Å². The highest BCUT2D eigenvalue weighted by atomic mass is 35.5. The molecule has 2 aromatic rings. The molecule has 0 aliphatic rings. The smallest absolute Gasteiger partial charge is 0.251 e. The number of hydrogen-bond acceptors (Lipinski definition) is 4. The van der Waals surface area contributed by atoms with Gasteiger partial charge in [-0.15, -0.1) is 0 Å². The van der Waals surface area contributed by atoms with Crippen LogP contribution in [0, 0.1) is 0 Å². The summed E-state index contributed by atoms with van der Waals surface area (Å²) in [6.07, 6.45) is 3.55. The van der Waals surface area contributed by atoms with Gasteiger partial charge in [-0.3, -0.25) is 9.48 Å². The zero-order valence-corrected chi connectivity index (χ0v) is 11.9. The highest BCUT2D eigenvalue weighted by molar-refractivity contribution is 6.29. The van der Waals surface area contributed by atoms with Crippen molar-refractivity contribution < 1.29 is 4.79 Å². The lowest BCUT2D eigenvalue weighted by Crippen LogP contribution is -2.27. The number of halogens is 1. The van der Waals surface area contributed by atoms with E-state index in [0.29, 0.717) is 36.2 Å². The van der Waals surface area contributed by atoms with Crippen LogP contribution in [-0.2, 0) is 6.54 Å². The largest absolute Gasteiger partial charge is 0.370 e. The Bertz CT molecular complexity index is 570. The van der Waals surface area contributed by atoms with Crippen molar-refractivity contribution >= 4 is 23.3 Å². The van der Waals surface area contributed by atoms with Crippen molar-refractivity contribution in [1.29, 1.82) is 0 Å². The summed E-state index contributed by atoms with van der Waals surface area (Å²) in [6.45, 7) is 3.79. The first kappa shape index (κ1) is 14.3. The van der Waals surface area contributed by atoms with E-state index in [0.717, 1.165) is 0 Å². The lowest BCUT2D eigenvalue weighted by Gasteiger charge is -2.08. The Kier molecular flexibility index (Phi) is 4.95. The normalized spacial score (nSPS) is 10.3. The fourth-order valence-electron chi connectivity index (χ4n) is 1.72. The second kappa shape index (κ2) is 6.91. The summed E-state index contributed by atoms with van der Waals surface area (Å²) in [7, 11) is 0. The lowest BCUT2D eigenvalue weighted by molar-refractivity contribution is 0.0952. The van der Waals surface area contributed by atoms with Crippen LogP contribution >= 0.6 is 11.6 Å². The third kappa shape index (κ3) is 3.96. The molecule has 1 amide bonds. The predicted octanol–water partition coefficient (Wildman–Crippen LogP) is 1.79. The Morgan fingerprint density at radius 1 is 1.45 bits per heavy atom. The fraction of sp³-hybridized carbons (Fsp3) is 0.308. The predicted molar refractivity (Wildman–Crippen MR) is 78.0 cm³/mol. The number of nitrogens with zero attached hydrogens (tertiary/aromatic N) is 3. The number of aromatic nitrogens is 3. The molecule has 0 aromatic carbocycles. The maximum Gasteiger partial charge on any atom is 0.251 e. The van der Waals surface area contributed by atoms with Crippen molar-refractivity contribution in [3.8, 4) is 0 Å². The summed E-state index contributed by atoms with van der Waals surface area (Å²) in [5, 5.41) is 10.2. The second-order valence-electron chi connectivity index (χ2n) is 4.12. The number of pyridine rings is 1. The zero-order chi connectivity index (χ0) is 14.4. The van der Waals surface area contributed by atoms with Crippen LogP contribution < -0.4 is 10.6 Å². The summed E-state index contributed by atoms with van der Waals surface area (Å²) in [6, 6.07) is 5.07. The number of hydrogen-bond donors (Lipinski definition) is 2. The van der Waals surface area contributed by atoms with E-state index in [2.05, 4.69) is 20.7 Å². The van der Waals surface area contributed by atoms with Crippen molar-refractivity contribution in [2.24, 2.45) is 0 Å². The van der Waals surface area contributed by atoms with Gasteiger partial charge in [-0.2, -0.15) is 5.10 Å². The molecule has 0 fully saturated rings. The first-order valence-corrected chi connectivity index (χ1v) is 6.74. The molecule has 0 aliphatic carbocycles. The molecule has 0 saturated carbocycles. The molecular weight excluding hydrogens is 278 g/mol. The van der Waals surface area contributed by atoms with Gasteiger partial charge in [-0.25, -0.2) is 4.98 Å². The molecule has 0 radical (unpaired) electrons. The minimum atomic E-state index is -0.180. The SMILES string of the molecule is CCNc1cc(C(=O)NCCn2cccn2)cc(Cl)n1. The minimum absolute atomic E-state index is 0.180. The first-order valence-electron chi connectivity index (χ1n) is 6.36. The van der Waals surface area contributed by atoms with E-state index >= 15 is 0 Å². The number of anilines is 1. The number of amides is 1. The molecule has 0 atom stereocenters. The van der Waals surface area contributed by atoms with Gasteiger partial charge in [-0.1, -0.05) is 11.6 Å². The van der Waals surface area contributed by atoms with Gasteiger partial charge in [0.2, 0.25) is 0 Å². The highest BCUT2D eigenvalue weighted by Gasteiger charge is 2.08. The van der Waals surface area contributed by atoms with Crippen LogP contribution in [0.3, 0.4) is 0 Å². The van der Waals surface area contributed by atoms with Crippen LogP contribution in [-0.4, -0.2) is 33.8 Å². The third-order valence-corrected chi connectivity index (χ3v) is 2.79. The molecule has 2 N–H and O–H groups in total. The topological polar surface area (TPSA) is 71.8 Å². The number of nitrogens with one attached hydrogen (secondary N) is 2. The van der Waals surface area contributed by atoms with Gasteiger partial charge in [0.1, 0.15) is 11.0 Å². The van der Waals surface area contributed by atoms with Crippen molar-refractivity contribution in [1.82, 2.24) is 20.1 Å². The van der Waals surface area contributed by atoms with E-state index in [1.54, 1.807) is 23.0 Å². The molecule has 20 heavy (non-hydrogen) atoms. The number of carbonyl (C=O) groups is 1. The average Bonchev–Trinajstić information content (AvgIpc) is 2.91. The summed E-state index contributed by atoms with van der Waals surface area (Å²) in [5.74, 6) is 0.415. The molecule has 2 heterocycles. The molecule has 0 aliphatic heterocycles. The molecule has 6 nitrogen and oxygen atoms in total. The Labute approximate surface area is 122 Å². The molecule has 106 valence electrons. The standard InChI is InChI=1S/C13H16ClN5O/c1-2-15-12-9-10(8-11(14)18-12)13(20)16-5-7-19-6-3-4-17-19/h3-4,6,8-9H,2,5,7H2,1H3,(H,15,18)(H,16,20). The van der Waals surface area contributed by atoms with Crippen LogP contribution in [0.5, 0.6) is 0 Å². The number of carbonyl (C=O) groups excluding carboxylic acids is 1. The fourth-order valence-corrected chi connectivity index (χ4v) is 1.93. The van der Waals surface area contributed by atoms with Crippen molar-refractivity contribution in [2.75, 3.05) is 18.4 Å². The van der Waals surface area contributed by atoms with Crippen LogP contribution in [0.15, 0.2) is 30.6 Å². The second-order valence-corrected chi connectivity index (χ2v) is 4.51. The summed E-state index contributed by atoms with van der Waals surface area (Å²) >= 11 is 5.90. The minimum Gasteiger partial charge on any atom is -0.370 e. The molecule has 2 aromatic heterocycles. The summed E-state index contributed by atoms with van der Waals surface area (Å²) < 4.78 is 1.75. The molecule has 7 heteroatoms. The van der Waals surface area contributed by atoms with Gasteiger partial charge >= 0.3 is 0 Å². The van der Waals surface area contributed by atoms with E-state index < -0.39 is 0 Å². The average molecular weight is 294 g/mol. The maximum absolute atomic E-state index is 12.0. The van der Waals surface area contributed by atoms with Crippen molar-refractivity contribution in [3.05, 3.63) is 41.3 Å². The molecule has 0 unspecified atom stereocenters. The quantitative estimate of drug-likeness (QED) is 0.797. The maximum atomic E-state index is 12.0. The zero-order valence-electron chi connectivity index (χ0n) is 11.1. The monoisotopic (exact) mass is 293 g/mol. The molecule has 0 spiro atoms. The van der Waals surface area contributed by atoms with Crippen molar-refractivity contribution in [3.63, 3.8) is 0 Å². The van der Waals surface area contributed by atoms with E-state index in [4.69, 9.17) is 11.6 Å². The first-order chi connectivity index (χ1) is 9.69. The third-order valence-electron chi connectivity index (χ3n) is 2.60. The van der Waals surface area contributed by atoms with Crippen molar-refractivity contribution in [2.45, 2.75) is 13.5 Å². The van der Waals surface area contributed by atoms with Crippen LogP contribution in [0.25, 0.3) is 0 Å². The summed E-state index contributed by atoms with van der Waals surface area (Å²) in [4.78, 5) is 16.1. The van der Waals surface area contributed by atoms with Crippen LogP contribution in [0.1, 0.15) is 17.3 Å². The van der Waals surface area contributed by atoms with Crippen LogP contribution in [0.2, 0.25) is 5.15 Å². The van der Waals surface area contributed by atoms with E-state index in [1.165, 1.54) is 0 Å².